The van der Waals surface area contributed by atoms with Gasteiger partial charge in [0.2, 0.25) is 5.91 Å². The maximum absolute atomic E-state index is 11.1. The van der Waals surface area contributed by atoms with Crippen LogP contribution in [0.25, 0.3) is 0 Å². The van der Waals surface area contributed by atoms with Crippen molar-refractivity contribution >= 4 is 23.4 Å². The van der Waals surface area contributed by atoms with Crippen molar-refractivity contribution < 1.29 is 14.3 Å². The van der Waals surface area contributed by atoms with Crippen LogP contribution < -0.4 is 10.6 Å². The van der Waals surface area contributed by atoms with Crippen LogP contribution in [-0.2, 0) is 16.0 Å². The van der Waals surface area contributed by atoms with Gasteiger partial charge in [0, 0.05) is 17.8 Å². The Hall–Kier alpha value is -2.04. The van der Waals surface area contributed by atoms with Gasteiger partial charge in [-0.2, -0.15) is 0 Å². The van der Waals surface area contributed by atoms with Crippen molar-refractivity contribution in [2.75, 3.05) is 17.7 Å². The van der Waals surface area contributed by atoms with Crippen LogP contribution >= 0.6 is 0 Å². The Morgan fingerprint density at radius 3 is 3.00 bits per heavy atom. The summed E-state index contributed by atoms with van der Waals surface area (Å²) < 4.78 is 4.50. The number of ether oxygens (including phenoxy) is 1. The van der Waals surface area contributed by atoms with Gasteiger partial charge in [-0.25, -0.2) is 4.79 Å². The van der Waals surface area contributed by atoms with Gasteiger partial charge in [0.05, 0.1) is 7.11 Å². The van der Waals surface area contributed by atoms with E-state index in [-0.39, 0.29) is 5.91 Å². The summed E-state index contributed by atoms with van der Waals surface area (Å²) in [5.74, 6) is 0.0289. The molecule has 2 amide bonds. The fourth-order valence-electron chi connectivity index (χ4n) is 1.63. The molecule has 0 radical (unpaired) electrons. The van der Waals surface area contributed by atoms with Crippen LogP contribution in [-0.4, -0.2) is 19.1 Å². The molecule has 0 aliphatic carbocycles. The maximum Gasteiger partial charge on any atom is 0.411 e. The van der Waals surface area contributed by atoms with Crippen LogP contribution in [0.2, 0.25) is 0 Å². The first kappa shape index (κ1) is 10.5. The van der Waals surface area contributed by atoms with Gasteiger partial charge >= 0.3 is 6.09 Å². The van der Waals surface area contributed by atoms with Crippen molar-refractivity contribution in [2.24, 2.45) is 0 Å². The summed E-state index contributed by atoms with van der Waals surface area (Å²) in [6.07, 6.45) is 0.673. The Kier molecular flexibility index (Phi) is 2.76. The van der Waals surface area contributed by atoms with Crippen LogP contribution in [0.3, 0.4) is 0 Å². The second-order valence-electron chi connectivity index (χ2n) is 3.54. The minimum absolute atomic E-state index is 0.0289. The molecular formula is C11H12N2O3. The summed E-state index contributed by atoms with van der Waals surface area (Å²) in [5, 5.41) is 5.35. The predicted octanol–water partition coefficient (Wildman–Crippen LogP) is 1.75. The predicted molar refractivity (Wildman–Crippen MR) is 59.4 cm³/mol. The highest BCUT2D eigenvalue weighted by atomic mass is 16.5. The highest BCUT2D eigenvalue weighted by Gasteiger charge is 2.15. The molecule has 0 saturated heterocycles. The third kappa shape index (κ3) is 2.13. The molecule has 0 unspecified atom stereocenters. The number of aryl methyl sites for hydroxylation is 1. The number of amides is 2. The van der Waals surface area contributed by atoms with Gasteiger partial charge in [0.15, 0.2) is 0 Å². The monoisotopic (exact) mass is 220 g/mol. The molecule has 0 saturated carbocycles. The quantitative estimate of drug-likeness (QED) is 0.757. The van der Waals surface area contributed by atoms with Crippen molar-refractivity contribution in [3.8, 4) is 0 Å². The number of hydrogen-bond donors (Lipinski definition) is 2. The number of methoxy groups -OCH3 is 1. The number of hydrogen-bond acceptors (Lipinski definition) is 3. The Morgan fingerprint density at radius 1 is 1.44 bits per heavy atom. The molecule has 1 aliphatic rings. The third-order valence-electron chi connectivity index (χ3n) is 2.43. The summed E-state index contributed by atoms with van der Waals surface area (Å²) in [7, 11) is 1.31. The maximum atomic E-state index is 11.1. The van der Waals surface area contributed by atoms with Gasteiger partial charge < -0.3 is 10.1 Å². The second-order valence-corrected chi connectivity index (χ2v) is 3.54. The van der Waals surface area contributed by atoms with E-state index in [4.69, 9.17) is 0 Å². The minimum Gasteiger partial charge on any atom is -0.453 e. The SMILES string of the molecule is COC(=O)Nc1ccc2c(c1)CCC(=O)N2. The van der Waals surface area contributed by atoms with E-state index in [1.165, 1.54) is 7.11 Å². The van der Waals surface area contributed by atoms with Crippen LogP contribution in [0.1, 0.15) is 12.0 Å². The van der Waals surface area contributed by atoms with E-state index in [0.717, 1.165) is 11.3 Å². The summed E-state index contributed by atoms with van der Waals surface area (Å²) in [4.78, 5) is 22.1. The highest BCUT2D eigenvalue weighted by Crippen LogP contribution is 2.25. The van der Waals surface area contributed by atoms with E-state index < -0.39 is 6.09 Å². The second kappa shape index (κ2) is 4.22. The van der Waals surface area contributed by atoms with Gasteiger partial charge in [-0.05, 0) is 30.2 Å². The molecule has 16 heavy (non-hydrogen) atoms. The van der Waals surface area contributed by atoms with Crippen molar-refractivity contribution in [1.82, 2.24) is 0 Å². The average molecular weight is 220 g/mol. The first-order chi connectivity index (χ1) is 7.69. The van der Waals surface area contributed by atoms with E-state index in [0.29, 0.717) is 18.5 Å². The van der Waals surface area contributed by atoms with Crippen LogP contribution in [0, 0.1) is 0 Å². The molecular weight excluding hydrogens is 208 g/mol. The zero-order chi connectivity index (χ0) is 11.5. The number of carbonyl (C=O) groups excluding carboxylic acids is 2. The highest BCUT2D eigenvalue weighted by molar-refractivity contribution is 5.94. The van der Waals surface area contributed by atoms with Crippen molar-refractivity contribution in [2.45, 2.75) is 12.8 Å². The summed E-state index contributed by atoms with van der Waals surface area (Å²) in [6, 6.07) is 5.34. The Bertz CT molecular complexity index is 443. The number of nitrogens with one attached hydrogen (secondary N) is 2. The normalized spacial score (nSPS) is 13.7. The van der Waals surface area contributed by atoms with Gasteiger partial charge in [0.1, 0.15) is 0 Å². The molecule has 5 nitrogen and oxygen atoms in total. The molecule has 0 atom stereocenters. The van der Waals surface area contributed by atoms with Gasteiger partial charge in [-0.1, -0.05) is 0 Å². The van der Waals surface area contributed by atoms with Gasteiger partial charge in [-0.3, -0.25) is 10.1 Å². The van der Waals surface area contributed by atoms with E-state index in [1.54, 1.807) is 12.1 Å². The zero-order valence-electron chi connectivity index (χ0n) is 8.87. The molecule has 1 heterocycles. The standard InChI is InChI=1S/C11H12N2O3/c1-16-11(15)12-8-3-4-9-7(6-8)2-5-10(14)13-9/h3-4,6H,2,5H2,1H3,(H,12,15)(H,13,14). The lowest BCUT2D eigenvalue weighted by molar-refractivity contribution is -0.116. The molecule has 0 bridgehead atoms. The fraction of sp³-hybridized carbons (Fsp3) is 0.273. The molecule has 1 aromatic carbocycles. The minimum atomic E-state index is -0.500. The largest absolute Gasteiger partial charge is 0.453 e. The van der Waals surface area contributed by atoms with E-state index in [9.17, 15) is 9.59 Å². The number of benzene rings is 1. The Balaban J connectivity index is 2.19. The third-order valence-corrected chi connectivity index (χ3v) is 2.43. The van der Waals surface area contributed by atoms with Crippen LogP contribution in [0.5, 0.6) is 0 Å². The number of rotatable bonds is 1. The summed E-state index contributed by atoms with van der Waals surface area (Å²) in [5.41, 5.74) is 2.50. The van der Waals surface area contributed by atoms with Crippen molar-refractivity contribution in [1.29, 1.82) is 0 Å². The van der Waals surface area contributed by atoms with Crippen molar-refractivity contribution in [3.63, 3.8) is 0 Å². The van der Waals surface area contributed by atoms with Crippen LogP contribution in [0.15, 0.2) is 18.2 Å². The number of carbonyl (C=O) groups is 2. The molecule has 0 fully saturated rings. The Morgan fingerprint density at radius 2 is 2.25 bits per heavy atom. The first-order valence-corrected chi connectivity index (χ1v) is 4.97. The van der Waals surface area contributed by atoms with Gasteiger partial charge in [-0.15, -0.1) is 0 Å². The smallest absolute Gasteiger partial charge is 0.411 e. The molecule has 84 valence electrons. The van der Waals surface area contributed by atoms with E-state index in [2.05, 4.69) is 15.4 Å². The average Bonchev–Trinajstić information content (AvgIpc) is 2.29. The lowest BCUT2D eigenvalue weighted by Crippen LogP contribution is -2.19. The molecule has 2 N–H and O–H groups in total. The molecule has 0 aromatic heterocycles. The summed E-state index contributed by atoms with van der Waals surface area (Å²) >= 11 is 0. The zero-order valence-corrected chi connectivity index (χ0v) is 8.87. The van der Waals surface area contributed by atoms with Crippen LogP contribution in [0.4, 0.5) is 16.2 Å². The Labute approximate surface area is 92.8 Å². The number of fused-ring (bicyclic) bond motifs is 1. The lowest BCUT2D eigenvalue weighted by Gasteiger charge is -2.17. The lowest BCUT2D eigenvalue weighted by atomic mass is 10.0. The van der Waals surface area contributed by atoms with Crippen molar-refractivity contribution in [3.05, 3.63) is 23.8 Å². The molecule has 5 heteroatoms. The first-order valence-electron chi connectivity index (χ1n) is 4.97. The molecule has 0 spiro atoms. The topological polar surface area (TPSA) is 67.4 Å². The van der Waals surface area contributed by atoms with Gasteiger partial charge in [0.25, 0.3) is 0 Å². The fourth-order valence-corrected chi connectivity index (χ4v) is 1.63. The summed E-state index contributed by atoms with van der Waals surface area (Å²) in [6.45, 7) is 0. The van der Waals surface area contributed by atoms with E-state index in [1.807, 2.05) is 6.07 Å². The molecule has 1 aliphatic heterocycles. The van der Waals surface area contributed by atoms with E-state index >= 15 is 0 Å². The molecule has 1 aromatic rings. The molecule has 2 rings (SSSR count). The number of anilines is 2.